The summed E-state index contributed by atoms with van der Waals surface area (Å²) < 4.78 is 5.10. The number of rotatable bonds is 23. The van der Waals surface area contributed by atoms with Crippen LogP contribution in [-0.2, 0) is 23.9 Å². The number of esters is 2. The number of hydrogen-bond donors (Lipinski definition) is 1. The predicted octanol–water partition coefficient (Wildman–Crippen LogP) is 4.73. The summed E-state index contributed by atoms with van der Waals surface area (Å²) >= 11 is 0. The Morgan fingerprint density at radius 1 is 0.725 bits per heavy atom. The van der Waals surface area contributed by atoms with Gasteiger partial charge in [-0.2, -0.15) is 0 Å². The van der Waals surface area contributed by atoms with Crippen LogP contribution in [0.15, 0.2) is 0 Å². The van der Waals surface area contributed by atoms with E-state index >= 15 is 0 Å². The number of aliphatic carboxylic acids is 2. The Hall–Kier alpha value is -1.96. The molecule has 1 N–H and O–H groups in total. The highest BCUT2D eigenvalue weighted by Crippen LogP contribution is 2.51. The van der Waals surface area contributed by atoms with E-state index in [1.807, 2.05) is 41.5 Å². The van der Waals surface area contributed by atoms with E-state index in [2.05, 4.69) is 0 Å². The van der Waals surface area contributed by atoms with Crippen molar-refractivity contribution in [2.45, 2.75) is 150 Å². The number of aliphatic hydroxyl groups is 1. The van der Waals surface area contributed by atoms with Gasteiger partial charge in [0, 0.05) is 18.8 Å². The van der Waals surface area contributed by atoms with Gasteiger partial charge in [0.15, 0.2) is 0 Å². The number of carboxylic acid groups (broad SMARTS) is 2. The fourth-order valence-corrected chi connectivity index (χ4v) is 6.24. The van der Waals surface area contributed by atoms with Crippen molar-refractivity contribution < 1.29 is 39.2 Å². The van der Waals surface area contributed by atoms with Gasteiger partial charge in [0.2, 0.25) is 0 Å². The molecule has 0 saturated carbocycles. The van der Waals surface area contributed by atoms with Crippen LogP contribution >= 0.6 is 0 Å². The smallest absolute Gasteiger partial charge is 0.323 e. The molecular formula is C32H56O8-2. The van der Waals surface area contributed by atoms with Gasteiger partial charge < -0.3 is 29.6 Å². The van der Waals surface area contributed by atoms with E-state index in [1.165, 1.54) is 0 Å². The van der Waals surface area contributed by atoms with Crippen molar-refractivity contribution >= 4 is 23.9 Å². The first-order valence-electron chi connectivity index (χ1n) is 15.7. The Labute approximate surface area is 242 Å². The standard InChI is InChI=1S/C32H58O8/c1-8-14-17-24(11-4)20-27(28(34)35)32(39,29(36)37)31(30(38)40-23(7)33,21-25(12-5)18-15-9-2)22-26(13-6)19-16-10-3/h24-27,39H,8-22H2,1-7H3,(H,34,35)(H,36,37)/p-2. The second kappa shape index (κ2) is 19.2. The van der Waals surface area contributed by atoms with Crippen molar-refractivity contribution in [1.29, 1.82) is 0 Å². The van der Waals surface area contributed by atoms with Crippen LogP contribution in [-0.4, -0.2) is 34.6 Å². The van der Waals surface area contributed by atoms with Gasteiger partial charge in [-0.3, -0.25) is 9.59 Å². The lowest BCUT2D eigenvalue weighted by atomic mass is 9.56. The van der Waals surface area contributed by atoms with Gasteiger partial charge in [-0.05, 0) is 37.0 Å². The molecule has 0 saturated heterocycles. The largest absolute Gasteiger partial charge is 0.550 e. The molecule has 0 fully saturated rings. The van der Waals surface area contributed by atoms with Gasteiger partial charge in [0.25, 0.3) is 0 Å². The summed E-state index contributed by atoms with van der Waals surface area (Å²) in [4.78, 5) is 52.0. The van der Waals surface area contributed by atoms with E-state index < -0.39 is 40.8 Å². The van der Waals surface area contributed by atoms with Gasteiger partial charge >= 0.3 is 11.9 Å². The molecule has 0 rings (SSSR count). The van der Waals surface area contributed by atoms with Crippen LogP contribution in [0.1, 0.15) is 145 Å². The summed E-state index contributed by atoms with van der Waals surface area (Å²) in [5, 5.41) is 38.2. The topological polar surface area (TPSA) is 144 Å². The monoisotopic (exact) mass is 568 g/mol. The van der Waals surface area contributed by atoms with Crippen molar-refractivity contribution in [2.24, 2.45) is 29.1 Å². The first-order chi connectivity index (χ1) is 18.8. The number of hydrogen-bond acceptors (Lipinski definition) is 8. The van der Waals surface area contributed by atoms with Crippen LogP contribution in [0.2, 0.25) is 0 Å². The van der Waals surface area contributed by atoms with Crippen molar-refractivity contribution in [3.63, 3.8) is 0 Å². The van der Waals surface area contributed by atoms with Gasteiger partial charge in [0.1, 0.15) is 11.0 Å². The Morgan fingerprint density at radius 2 is 1.12 bits per heavy atom. The zero-order valence-corrected chi connectivity index (χ0v) is 26.2. The van der Waals surface area contributed by atoms with Gasteiger partial charge in [-0.1, -0.05) is 119 Å². The molecule has 0 aliphatic carbocycles. The summed E-state index contributed by atoms with van der Waals surface area (Å²) in [6.45, 7) is 12.8. The molecule has 5 unspecified atom stereocenters. The third-order valence-corrected chi connectivity index (χ3v) is 8.93. The van der Waals surface area contributed by atoms with Crippen LogP contribution in [0.25, 0.3) is 0 Å². The summed E-state index contributed by atoms with van der Waals surface area (Å²) in [6.07, 6.45) is 8.29. The van der Waals surface area contributed by atoms with Crippen LogP contribution in [0.3, 0.4) is 0 Å². The van der Waals surface area contributed by atoms with E-state index in [0.717, 1.165) is 45.4 Å². The molecule has 0 aromatic rings. The van der Waals surface area contributed by atoms with E-state index in [4.69, 9.17) is 4.74 Å². The summed E-state index contributed by atoms with van der Waals surface area (Å²) in [7, 11) is 0. The molecule has 5 atom stereocenters. The highest BCUT2D eigenvalue weighted by Gasteiger charge is 2.62. The summed E-state index contributed by atoms with van der Waals surface area (Å²) in [6, 6.07) is 0. The summed E-state index contributed by atoms with van der Waals surface area (Å²) in [5.74, 6) is -8.47. The lowest BCUT2D eigenvalue weighted by Gasteiger charge is -2.52. The second-order valence-electron chi connectivity index (χ2n) is 11.8. The van der Waals surface area contributed by atoms with Crippen molar-refractivity contribution in [3.8, 4) is 0 Å². The molecule has 0 aromatic carbocycles. The summed E-state index contributed by atoms with van der Waals surface area (Å²) in [5.41, 5.74) is -5.36. The SMILES string of the molecule is CCCCC(CC)CC(C(=O)[O-])C(O)(C(=O)[O-])C(CC(CC)CCCC)(CC(CC)CCCC)C(=O)OC(C)=O. The lowest BCUT2D eigenvalue weighted by Crippen LogP contribution is -2.70. The second-order valence-corrected chi connectivity index (χ2v) is 11.8. The Kier molecular flexibility index (Phi) is 18.3. The van der Waals surface area contributed by atoms with Crippen molar-refractivity contribution in [3.05, 3.63) is 0 Å². The average molecular weight is 569 g/mol. The van der Waals surface area contributed by atoms with E-state index in [1.54, 1.807) is 0 Å². The molecule has 0 heterocycles. The van der Waals surface area contributed by atoms with Gasteiger partial charge in [-0.25, -0.2) is 0 Å². The number of carboxylic acids is 2. The molecule has 0 aliphatic heterocycles. The predicted molar refractivity (Wildman–Crippen MR) is 151 cm³/mol. The zero-order valence-electron chi connectivity index (χ0n) is 26.2. The molecule has 8 nitrogen and oxygen atoms in total. The van der Waals surface area contributed by atoms with E-state index in [-0.39, 0.29) is 37.0 Å². The maximum atomic E-state index is 14.0. The molecule has 0 aromatic heterocycles. The highest BCUT2D eigenvalue weighted by atomic mass is 16.6. The molecule has 0 bridgehead atoms. The fourth-order valence-electron chi connectivity index (χ4n) is 6.24. The van der Waals surface area contributed by atoms with Gasteiger partial charge in [-0.15, -0.1) is 0 Å². The van der Waals surface area contributed by atoms with E-state index in [9.17, 15) is 34.5 Å². The molecule has 0 spiro atoms. The third kappa shape index (κ3) is 10.5. The van der Waals surface area contributed by atoms with Crippen LogP contribution in [0.4, 0.5) is 0 Å². The molecule has 234 valence electrons. The van der Waals surface area contributed by atoms with Crippen LogP contribution in [0.5, 0.6) is 0 Å². The fraction of sp³-hybridized carbons (Fsp3) is 0.875. The molecule has 8 heteroatoms. The molecular weight excluding hydrogens is 512 g/mol. The minimum Gasteiger partial charge on any atom is -0.550 e. The average Bonchev–Trinajstić information content (AvgIpc) is 2.91. The Bertz CT molecular complexity index is 761. The quantitative estimate of drug-likeness (QED) is 0.138. The first kappa shape index (κ1) is 38.0. The van der Waals surface area contributed by atoms with Crippen LogP contribution < -0.4 is 10.2 Å². The van der Waals surface area contributed by atoms with Crippen molar-refractivity contribution in [1.82, 2.24) is 0 Å². The number of unbranched alkanes of at least 4 members (excludes halogenated alkanes) is 3. The third-order valence-electron chi connectivity index (χ3n) is 8.93. The molecule has 0 radical (unpaired) electrons. The Morgan fingerprint density at radius 3 is 1.43 bits per heavy atom. The molecule has 0 aliphatic rings. The Balaban J connectivity index is 7.46. The molecule has 0 amide bonds. The first-order valence-corrected chi connectivity index (χ1v) is 15.7. The highest BCUT2D eigenvalue weighted by molar-refractivity contribution is 5.96. The minimum atomic E-state index is -3.14. The van der Waals surface area contributed by atoms with Crippen LogP contribution in [0, 0.1) is 29.1 Å². The number of ether oxygens (including phenoxy) is 1. The normalized spacial score (nSPS) is 17.6. The maximum absolute atomic E-state index is 14.0. The zero-order chi connectivity index (χ0) is 30.9. The lowest BCUT2D eigenvalue weighted by molar-refractivity contribution is -0.351. The van der Waals surface area contributed by atoms with Crippen molar-refractivity contribution in [2.75, 3.05) is 0 Å². The van der Waals surface area contributed by atoms with E-state index in [0.29, 0.717) is 38.5 Å². The number of carbonyl (C=O) groups excluding carboxylic acids is 4. The maximum Gasteiger partial charge on any atom is 0.323 e. The minimum absolute atomic E-state index is 0.127. The molecule has 40 heavy (non-hydrogen) atoms. The number of carbonyl (C=O) groups is 4. The van der Waals surface area contributed by atoms with Gasteiger partial charge in [0.05, 0.1) is 5.97 Å².